The second-order valence-electron chi connectivity index (χ2n) is 4.84. The van der Waals surface area contributed by atoms with Crippen molar-refractivity contribution in [1.82, 2.24) is 5.32 Å². The Kier molecular flexibility index (Phi) is 5.50. The van der Waals surface area contributed by atoms with Crippen molar-refractivity contribution in [3.63, 3.8) is 0 Å². The van der Waals surface area contributed by atoms with Crippen LogP contribution in [-0.2, 0) is 0 Å². The van der Waals surface area contributed by atoms with Gasteiger partial charge in [-0.25, -0.2) is 0 Å². The third-order valence-corrected chi connectivity index (χ3v) is 2.67. The standard InChI is InChI=1S/C14H23NO/c1-11(2)9-14(15-12(3)10-16)13-7-5-4-6-8-13/h4-8,11-12,14-16H,9-10H2,1-3H3. The normalized spacial score (nSPS) is 15.1. The molecule has 0 bridgehead atoms. The van der Waals surface area contributed by atoms with Gasteiger partial charge in [-0.3, -0.25) is 0 Å². The van der Waals surface area contributed by atoms with Crippen molar-refractivity contribution in [2.45, 2.75) is 39.3 Å². The largest absolute Gasteiger partial charge is 0.395 e. The number of aliphatic hydroxyl groups is 1. The van der Waals surface area contributed by atoms with E-state index in [1.54, 1.807) is 0 Å². The van der Waals surface area contributed by atoms with Crippen molar-refractivity contribution in [2.75, 3.05) is 6.61 Å². The number of rotatable bonds is 6. The van der Waals surface area contributed by atoms with E-state index in [0.29, 0.717) is 12.0 Å². The second kappa shape index (κ2) is 6.66. The van der Waals surface area contributed by atoms with E-state index in [4.69, 9.17) is 5.11 Å². The zero-order chi connectivity index (χ0) is 12.0. The Morgan fingerprint density at radius 1 is 1.12 bits per heavy atom. The van der Waals surface area contributed by atoms with E-state index in [0.717, 1.165) is 6.42 Å². The lowest BCUT2D eigenvalue weighted by atomic mass is 9.96. The lowest BCUT2D eigenvalue weighted by molar-refractivity contribution is 0.234. The summed E-state index contributed by atoms with van der Waals surface area (Å²) in [4.78, 5) is 0. The molecule has 2 atom stereocenters. The van der Waals surface area contributed by atoms with Crippen LogP contribution >= 0.6 is 0 Å². The maximum absolute atomic E-state index is 9.10. The van der Waals surface area contributed by atoms with Crippen molar-refractivity contribution < 1.29 is 5.11 Å². The molecule has 0 radical (unpaired) electrons. The maximum atomic E-state index is 9.10. The van der Waals surface area contributed by atoms with Crippen molar-refractivity contribution in [3.05, 3.63) is 35.9 Å². The number of hydrogen-bond donors (Lipinski definition) is 2. The SMILES string of the molecule is CC(C)CC(NC(C)CO)c1ccccc1. The molecule has 0 heterocycles. The molecule has 0 spiro atoms. The van der Waals surface area contributed by atoms with Gasteiger partial charge in [-0.05, 0) is 24.8 Å². The molecule has 0 aromatic heterocycles. The highest BCUT2D eigenvalue weighted by molar-refractivity contribution is 5.19. The number of aliphatic hydroxyl groups excluding tert-OH is 1. The first-order chi connectivity index (χ1) is 7.63. The molecule has 2 heteroatoms. The topological polar surface area (TPSA) is 32.3 Å². The number of nitrogens with one attached hydrogen (secondary N) is 1. The van der Waals surface area contributed by atoms with Crippen LogP contribution in [0.2, 0.25) is 0 Å². The average molecular weight is 221 g/mol. The summed E-state index contributed by atoms with van der Waals surface area (Å²) in [6, 6.07) is 10.9. The van der Waals surface area contributed by atoms with Gasteiger partial charge in [0.25, 0.3) is 0 Å². The molecule has 2 N–H and O–H groups in total. The lowest BCUT2D eigenvalue weighted by Gasteiger charge is -2.24. The predicted molar refractivity (Wildman–Crippen MR) is 68.3 cm³/mol. The van der Waals surface area contributed by atoms with Gasteiger partial charge in [-0.1, -0.05) is 44.2 Å². The summed E-state index contributed by atoms with van der Waals surface area (Å²) in [6.07, 6.45) is 1.09. The molecule has 16 heavy (non-hydrogen) atoms. The molecule has 0 aliphatic rings. The van der Waals surface area contributed by atoms with Crippen LogP contribution in [0.4, 0.5) is 0 Å². The molecule has 0 amide bonds. The summed E-state index contributed by atoms with van der Waals surface area (Å²) in [5, 5.41) is 12.6. The fourth-order valence-electron chi connectivity index (χ4n) is 1.85. The van der Waals surface area contributed by atoms with Gasteiger partial charge < -0.3 is 10.4 Å². The number of hydrogen-bond acceptors (Lipinski definition) is 2. The van der Waals surface area contributed by atoms with E-state index in [9.17, 15) is 0 Å². The van der Waals surface area contributed by atoms with Crippen LogP contribution in [0.3, 0.4) is 0 Å². The first kappa shape index (κ1) is 13.2. The smallest absolute Gasteiger partial charge is 0.0582 e. The summed E-state index contributed by atoms with van der Waals surface area (Å²) < 4.78 is 0. The predicted octanol–water partition coefficient (Wildman–Crippen LogP) is 2.74. The highest BCUT2D eigenvalue weighted by Crippen LogP contribution is 2.21. The van der Waals surface area contributed by atoms with Crippen LogP contribution in [0.1, 0.15) is 38.8 Å². The molecule has 1 aromatic carbocycles. The van der Waals surface area contributed by atoms with Gasteiger partial charge in [0.2, 0.25) is 0 Å². The summed E-state index contributed by atoms with van der Waals surface area (Å²) in [6.45, 7) is 6.64. The summed E-state index contributed by atoms with van der Waals surface area (Å²) in [7, 11) is 0. The van der Waals surface area contributed by atoms with E-state index in [-0.39, 0.29) is 12.6 Å². The summed E-state index contributed by atoms with van der Waals surface area (Å²) >= 11 is 0. The Hall–Kier alpha value is -0.860. The molecule has 2 unspecified atom stereocenters. The fourth-order valence-corrected chi connectivity index (χ4v) is 1.85. The second-order valence-corrected chi connectivity index (χ2v) is 4.84. The molecule has 1 rings (SSSR count). The van der Waals surface area contributed by atoms with Crippen LogP contribution in [0.25, 0.3) is 0 Å². The first-order valence-corrected chi connectivity index (χ1v) is 6.05. The van der Waals surface area contributed by atoms with Crippen molar-refractivity contribution in [3.8, 4) is 0 Å². The lowest BCUT2D eigenvalue weighted by Crippen LogP contribution is -2.33. The Morgan fingerprint density at radius 2 is 1.75 bits per heavy atom. The van der Waals surface area contributed by atoms with E-state index in [1.165, 1.54) is 5.56 Å². The molecule has 2 nitrogen and oxygen atoms in total. The molecular weight excluding hydrogens is 198 g/mol. The maximum Gasteiger partial charge on any atom is 0.0582 e. The molecule has 90 valence electrons. The minimum absolute atomic E-state index is 0.143. The van der Waals surface area contributed by atoms with E-state index >= 15 is 0 Å². The molecule has 0 saturated carbocycles. The van der Waals surface area contributed by atoms with Crippen LogP contribution in [0.15, 0.2) is 30.3 Å². The van der Waals surface area contributed by atoms with Crippen LogP contribution in [-0.4, -0.2) is 17.8 Å². The average Bonchev–Trinajstić information content (AvgIpc) is 2.28. The minimum Gasteiger partial charge on any atom is -0.395 e. The van der Waals surface area contributed by atoms with E-state index in [1.807, 2.05) is 13.0 Å². The van der Waals surface area contributed by atoms with E-state index < -0.39 is 0 Å². The molecular formula is C14H23NO. The van der Waals surface area contributed by atoms with Gasteiger partial charge in [-0.15, -0.1) is 0 Å². The highest BCUT2D eigenvalue weighted by Gasteiger charge is 2.14. The zero-order valence-electron chi connectivity index (χ0n) is 10.5. The molecule has 1 aromatic rings. The van der Waals surface area contributed by atoms with Crippen molar-refractivity contribution in [2.24, 2.45) is 5.92 Å². The Bertz CT molecular complexity index is 284. The monoisotopic (exact) mass is 221 g/mol. The van der Waals surface area contributed by atoms with Crippen LogP contribution < -0.4 is 5.32 Å². The first-order valence-electron chi connectivity index (χ1n) is 6.05. The van der Waals surface area contributed by atoms with Gasteiger partial charge in [0, 0.05) is 12.1 Å². The number of benzene rings is 1. The fraction of sp³-hybridized carbons (Fsp3) is 0.571. The molecule has 0 saturated heterocycles. The van der Waals surface area contributed by atoms with Gasteiger partial charge in [0.05, 0.1) is 6.61 Å². The van der Waals surface area contributed by atoms with Crippen molar-refractivity contribution >= 4 is 0 Å². The minimum atomic E-state index is 0.143. The van der Waals surface area contributed by atoms with Crippen molar-refractivity contribution in [1.29, 1.82) is 0 Å². The Balaban J connectivity index is 2.71. The van der Waals surface area contributed by atoms with Crippen LogP contribution in [0, 0.1) is 5.92 Å². The van der Waals surface area contributed by atoms with Gasteiger partial charge >= 0.3 is 0 Å². The van der Waals surface area contributed by atoms with Gasteiger partial charge in [-0.2, -0.15) is 0 Å². The zero-order valence-corrected chi connectivity index (χ0v) is 10.5. The molecule has 0 aliphatic carbocycles. The highest BCUT2D eigenvalue weighted by atomic mass is 16.3. The Labute approximate surface area is 98.7 Å². The van der Waals surface area contributed by atoms with Gasteiger partial charge in [0.15, 0.2) is 0 Å². The molecule has 0 fully saturated rings. The quantitative estimate of drug-likeness (QED) is 0.774. The third kappa shape index (κ3) is 4.33. The van der Waals surface area contributed by atoms with E-state index in [2.05, 4.69) is 43.4 Å². The van der Waals surface area contributed by atoms with Crippen LogP contribution in [0.5, 0.6) is 0 Å². The Morgan fingerprint density at radius 3 is 2.25 bits per heavy atom. The third-order valence-electron chi connectivity index (χ3n) is 2.67. The molecule has 0 aliphatic heterocycles. The summed E-state index contributed by atoms with van der Waals surface area (Å²) in [5.41, 5.74) is 1.30. The van der Waals surface area contributed by atoms with Gasteiger partial charge in [0.1, 0.15) is 0 Å². The summed E-state index contributed by atoms with van der Waals surface area (Å²) in [5.74, 6) is 0.642.